The van der Waals surface area contributed by atoms with Crippen molar-refractivity contribution in [2.75, 3.05) is 6.54 Å². The lowest BCUT2D eigenvalue weighted by Gasteiger charge is -2.05. The lowest BCUT2D eigenvalue weighted by Crippen LogP contribution is -2.16. The average molecular weight is 240 g/mol. The molecule has 92 valence electrons. The molecule has 0 bridgehead atoms. The Kier molecular flexibility index (Phi) is 4.51. The fourth-order valence-electron chi connectivity index (χ4n) is 1.79. The van der Waals surface area contributed by atoms with Crippen LogP contribution in [0.3, 0.4) is 0 Å². The maximum atomic E-state index is 8.80. The lowest BCUT2D eigenvalue weighted by atomic mass is 10.1. The Morgan fingerprint density at radius 1 is 1.39 bits per heavy atom. The molecule has 0 saturated carbocycles. The van der Waals surface area contributed by atoms with Gasteiger partial charge >= 0.3 is 0 Å². The van der Waals surface area contributed by atoms with E-state index in [1.807, 2.05) is 36.8 Å². The number of aromatic nitrogens is 2. The van der Waals surface area contributed by atoms with Crippen LogP contribution in [0.2, 0.25) is 0 Å². The number of benzene rings is 1. The molecule has 2 aromatic rings. The van der Waals surface area contributed by atoms with E-state index in [0.29, 0.717) is 5.56 Å². The third-order valence-electron chi connectivity index (χ3n) is 2.71. The van der Waals surface area contributed by atoms with Crippen LogP contribution in [0.5, 0.6) is 0 Å². The standard InChI is InChI=1S/C14H16N4/c15-10-13-3-1-4-14(9-13)11-16-5-2-7-18-8-6-17-12-18/h1,3-4,6,8-9,12,16H,2,5,7,11H2. The minimum atomic E-state index is 0.715. The van der Waals surface area contributed by atoms with Gasteiger partial charge in [0, 0.05) is 25.5 Å². The van der Waals surface area contributed by atoms with Crippen molar-refractivity contribution in [2.24, 2.45) is 0 Å². The molecule has 18 heavy (non-hydrogen) atoms. The fourth-order valence-corrected chi connectivity index (χ4v) is 1.79. The molecular formula is C14H16N4. The van der Waals surface area contributed by atoms with Gasteiger partial charge < -0.3 is 9.88 Å². The van der Waals surface area contributed by atoms with E-state index < -0.39 is 0 Å². The van der Waals surface area contributed by atoms with Gasteiger partial charge in [-0.1, -0.05) is 12.1 Å². The van der Waals surface area contributed by atoms with Gasteiger partial charge in [-0.3, -0.25) is 0 Å². The Bertz CT molecular complexity index is 511. The van der Waals surface area contributed by atoms with Gasteiger partial charge in [0.2, 0.25) is 0 Å². The summed E-state index contributed by atoms with van der Waals surface area (Å²) in [6.07, 6.45) is 6.65. The molecular weight excluding hydrogens is 224 g/mol. The second-order valence-corrected chi connectivity index (χ2v) is 4.14. The van der Waals surface area contributed by atoms with Crippen LogP contribution < -0.4 is 5.32 Å². The largest absolute Gasteiger partial charge is 0.337 e. The fraction of sp³-hybridized carbons (Fsp3) is 0.286. The quantitative estimate of drug-likeness (QED) is 0.785. The van der Waals surface area contributed by atoms with Crippen molar-refractivity contribution in [1.82, 2.24) is 14.9 Å². The van der Waals surface area contributed by atoms with Gasteiger partial charge in [-0.2, -0.15) is 5.26 Å². The predicted molar refractivity (Wildman–Crippen MR) is 69.7 cm³/mol. The van der Waals surface area contributed by atoms with Crippen molar-refractivity contribution in [1.29, 1.82) is 5.26 Å². The number of imidazole rings is 1. The zero-order chi connectivity index (χ0) is 12.6. The van der Waals surface area contributed by atoms with Crippen LogP contribution in [0.4, 0.5) is 0 Å². The van der Waals surface area contributed by atoms with Crippen molar-refractivity contribution in [3.63, 3.8) is 0 Å². The van der Waals surface area contributed by atoms with Crippen LogP contribution in [0.25, 0.3) is 0 Å². The molecule has 0 saturated heterocycles. The van der Waals surface area contributed by atoms with E-state index in [1.54, 1.807) is 6.20 Å². The Balaban J connectivity index is 1.67. The first-order valence-corrected chi connectivity index (χ1v) is 6.04. The van der Waals surface area contributed by atoms with Crippen LogP contribution >= 0.6 is 0 Å². The second-order valence-electron chi connectivity index (χ2n) is 4.14. The molecule has 0 radical (unpaired) electrons. The molecule has 0 aliphatic heterocycles. The highest BCUT2D eigenvalue weighted by molar-refractivity contribution is 5.32. The average Bonchev–Trinajstić information content (AvgIpc) is 2.92. The molecule has 1 N–H and O–H groups in total. The molecule has 0 fully saturated rings. The summed E-state index contributed by atoms with van der Waals surface area (Å²) in [7, 11) is 0. The van der Waals surface area contributed by atoms with Crippen LogP contribution in [0, 0.1) is 11.3 Å². The normalized spacial score (nSPS) is 10.2. The van der Waals surface area contributed by atoms with Crippen molar-refractivity contribution in [3.8, 4) is 6.07 Å². The maximum Gasteiger partial charge on any atom is 0.0991 e. The molecule has 2 rings (SSSR count). The van der Waals surface area contributed by atoms with E-state index in [2.05, 4.69) is 20.9 Å². The highest BCUT2D eigenvalue weighted by Gasteiger charge is 1.95. The zero-order valence-electron chi connectivity index (χ0n) is 10.2. The van der Waals surface area contributed by atoms with Crippen LogP contribution in [-0.4, -0.2) is 16.1 Å². The van der Waals surface area contributed by atoms with E-state index in [0.717, 1.165) is 31.6 Å². The topological polar surface area (TPSA) is 53.6 Å². The summed E-state index contributed by atoms with van der Waals surface area (Å²) >= 11 is 0. The van der Waals surface area contributed by atoms with Crippen LogP contribution in [0.15, 0.2) is 43.0 Å². The highest BCUT2D eigenvalue weighted by Crippen LogP contribution is 2.03. The Labute approximate surface area is 107 Å². The molecule has 0 aliphatic carbocycles. The van der Waals surface area contributed by atoms with E-state index in [1.165, 1.54) is 0 Å². The summed E-state index contributed by atoms with van der Waals surface area (Å²) in [5.41, 5.74) is 1.87. The SMILES string of the molecule is N#Cc1cccc(CNCCCn2ccnc2)c1. The molecule has 1 aromatic carbocycles. The number of nitrogens with zero attached hydrogens (tertiary/aromatic N) is 3. The molecule has 0 atom stereocenters. The van der Waals surface area contributed by atoms with Crippen molar-refractivity contribution < 1.29 is 0 Å². The summed E-state index contributed by atoms with van der Waals surface area (Å²) in [6.45, 7) is 2.74. The highest BCUT2D eigenvalue weighted by atomic mass is 15.0. The molecule has 0 spiro atoms. The molecule has 0 amide bonds. The number of hydrogen-bond acceptors (Lipinski definition) is 3. The van der Waals surface area contributed by atoms with Gasteiger partial charge in [0.15, 0.2) is 0 Å². The molecule has 1 aromatic heterocycles. The summed E-state index contributed by atoms with van der Waals surface area (Å²) in [6, 6.07) is 9.84. The Morgan fingerprint density at radius 3 is 3.11 bits per heavy atom. The van der Waals surface area contributed by atoms with Gasteiger partial charge in [0.05, 0.1) is 18.0 Å². The Morgan fingerprint density at radius 2 is 2.33 bits per heavy atom. The number of aryl methyl sites for hydroxylation is 1. The number of rotatable bonds is 6. The number of hydrogen-bond donors (Lipinski definition) is 1. The Hall–Kier alpha value is -2.12. The second kappa shape index (κ2) is 6.58. The lowest BCUT2D eigenvalue weighted by molar-refractivity contribution is 0.581. The van der Waals surface area contributed by atoms with Gasteiger partial charge in [-0.05, 0) is 30.7 Å². The monoisotopic (exact) mass is 240 g/mol. The molecule has 4 nitrogen and oxygen atoms in total. The number of nitrogens with one attached hydrogen (secondary N) is 1. The minimum absolute atomic E-state index is 0.715. The van der Waals surface area contributed by atoms with Gasteiger partial charge in [0.1, 0.15) is 0 Å². The van der Waals surface area contributed by atoms with Crippen molar-refractivity contribution in [2.45, 2.75) is 19.5 Å². The summed E-state index contributed by atoms with van der Waals surface area (Å²) in [5, 5.41) is 12.2. The maximum absolute atomic E-state index is 8.80. The van der Waals surface area contributed by atoms with E-state index in [9.17, 15) is 0 Å². The third kappa shape index (κ3) is 3.72. The van der Waals surface area contributed by atoms with E-state index in [-0.39, 0.29) is 0 Å². The molecule has 4 heteroatoms. The third-order valence-corrected chi connectivity index (χ3v) is 2.71. The predicted octanol–water partition coefficient (Wildman–Crippen LogP) is 1.93. The first-order chi connectivity index (χ1) is 8.88. The molecule has 1 heterocycles. The first kappa shape index (κ1) is 12.3. The van der Waals surface area contributed by atoms with E-state index >= 15 is 0 Å². The zero-order valence-corrected chi connectivity index (χ0v) is 10.2. The summed E-state index contributed by atoms with van der Waals surface area (Å²) in [5.74, 6) is 0. The smallest absolute Gasteiger partial charge is 0.0991 e. The minimum Gasteiger partial charge on any atom is -0.337 e. The summed E-state index contributed by atoms with van der Waals surface area (Å²) < 4.78 is 2.07. The van der Waals surface area contributed by atoms with Crippen molar-refractivity contribution in [3.05, 3.63) is 54.1 Å². The molecule has 0 unspecified atom stereocenters. The summed E-state index contributed by atoms with van der Waals surface area (Å²) in [4.78, 5) is 4.00. The van der Waals surface area contributed by atoms with Gasteiger partial charge in [-0.15, -0.1) is 0 Å². The number of nitriles is 1. The van der Waals surface area contributed by atoms with Crippen LogP contribution in [0.1, 0.15) is 17.5 Å². The van der Waals surface area contributed by atoms with Crippen molar-refractivity contribution >= 4 is 0 Å². The van der Waals surface area contributed by atoms with Crippen LogP contribution in [-0.2, 0) is 13.1 Å². The van der Waals surface area contributed by atoms with Gasteiger partial charge in [-0.25, -0.2) is 4.98 Å². The first-order valence-electron chi connectivity index (χ1n) is 6.04. The van der Waals surface area contributed by atoms with Gasteiger partial charge in [0.25, 0.3) is 0 Å². The van der Waals surface area contributed by atoms with E-state index in [4.69, 9.17) is 5.26 Å². The molecule has 0 aliphatic rings.